The zero-order chi connectivity index (χ0) is 41.0. The van der Waals surface area contributed by atoms with Gasteiger partial charge in [-0.15, -0.1) is 0 Å². The third kappa shape index (κ3) is 12.0. The first-order chi connectivity index (χ1) is 25.3. The van der Waals surface area contributed by atoms with E-state index in [2.05, 4.69) is 10.6 Å². The number of aryl methyl sites for hydroxylation is 1. The van der Waals surface area contributed by atoms with Gasteiger partial charge >= 0.3 is 0 Å². The van der Waals surface area contributed by atoms with Gasteiger partial charge in [0.05, 0.1) is 55.3 Å². The van der Waals surface area contributed by atoms with E-state index in [0.717, 1.165) is 0 Å². The number of halogens is 1. The van der Waals surface area contributed by atoms with Crippen molar-refractivity contribution in [1.82, 2.24) is 25.3 Å². The van der Waals surface area contributed by atoms with Crippen molar-refractivity contribution in [3.63, 3.8) is 0 Å². The predicted molar refractivity (Wildman–Crippen MR) is 205 cm³/mol. The number of hydrogen-bond donors (Lipinski definition) is 2. The first-order valence-electron chi connectivity index (χ1n) is 19.0. The highest BCUT2D eigenvalue weighted by Gasteiger charge is 2.45. The molecule has 14 heteroatoms. The fourth-order valence-electron chi connectivity index (χ4n) is 7.66. The Labute approximate surface area is 322 Å². The topological polar surface area (TPSA) is 147 Å². The number of likely N-dealkylation sites (N-methyl/N-ethyl adjacent to an activating group) is 2. The molecule has 1 aromatic rings. The molecule has 0 aromatic heterocycles. The Bertz CT molecular complexity index is 1420. The molecule has 1 heterocycles. The lowest BCUT2D eigenvalue weighted by atomic mass is 9.93. The Kier molecular flexibility index (Phi) is 18.7. The average Bonchev–Trinajstić information content (AvgIpc) is 3.54. The molecule has 1 aliphatic heterocycles. The molecule has 1 aromatic carbocycles. The molecule has 54 heavy (non-hydrogen) atoms. The number of benzene rings is 1. The van der Waals surface area contributed by atoms with Crippen molar-refractivity contribution in [3.8, 4) is 0 Å². The zero-order valence-corrected chi connectivity index (χ0v) is 34.7. The maximum atomic E-state index is 14.2. The van der Waals surface area contributed by atoms with Gasteiger partial charge in [0.25, 0.3) is 0 Å². The van der Waals surface area contributed by atoms with E-state index in [1.807, 2.05) is 53.6 Å². The zero-order valence-electron chi connectivity index (χ0n) is 34.7. The van der Waals surface area contributed by atoms with Crippen molar-refractivity contribution in [2.45, 2.75) is 117 Å². The van der Waals surface area contributed by atoms with E-state index in [9.17, 15) is 28.4 Å². The normalized spacial score (nSPS) is 19.3. The highest BCUT2D eigenvalue weighted by Crippen LogP contribution is 2.30. The van der Waals surface area contributed by atoms with Crippen LogP contribution in [0, 0.1) is 30.5 Å². The van der Waals surface area contributed by atoms with Gasteiger partial charge in [-0.2, -0.15) is 0 Å². The van der Waals surface area contributed by atoms with Crippen molar-refractivity contribution in [2.24, 2.45) is 17.8 Å². The van der Waals surface area contributed by atoms with E-state index in [4.69, 9.17) is 14.2 Å². The van der Waals surface area contributed by atoms with Crippen LogP contribution in [0.15, 0.2) is 18.2 Å². The SMILES string of the molecule is CCC[C@@H]([C@@H](CC(=O)N1C[C@H](OC)CC1[C@H](OC)[C@@H](C)C(=O)NCC(=O)c1ccc(F)cc1C)OC)N(C)C(=O)[C@@H](NC(=O)[C@H](C(C)C)N(C)C)C(C)C. The number of carbonyl (C=O) groups excluding carboxylic acids is 5. The number of amides is 4. The van der Waals surface area contributed by atoms with Crippen LogP contribution < -0.4 is 10.6 Å². The van der Waals surface area contributed by atoms with E-state index in [0.29, 0.717) is 30.4 Å². The van der Waals surface area contributed by atoms with Gasteiger partial charge < -0.3 is 34.6 Å². The summed E-state index contributed by atoms with van der Waals surface area (Å²) in [5, 5.41) is 5.69. The summed E-state index contributed by atoms with van der Waals surface area (Å²) in [6.45, 7) is 13.0. The summed E-state index contributed by atoms with van der Waals surface area (Å²) >= 11 is 0. The second-order valence-corrected chi connectivity index (χ2v) is 15.5. The highest BCUT2D eigenvalue weighted by molar-refractivity contribution is 6.00. The number of likely N-dealkylation sites (tertiary alicyclic amines) is 1. The van der Waals surface area contributed by atoms with Gasteiger partial charge in [-0.25, -0.2) is 4.39 Å². The number of ether oxygens (including phenoxy) is 3. The molecular formula is C40H66FN5O8. The van der Waals surface area contributed by atoms with Crippen LogP contribution in [0.1, 0.15) is 83.1 Å². The third-order valence-corrected chi connectivity index (χ3v) is 10.7. The standard InChI is InChI=1S/C40H66FN5O8/c1-14-15-30(45(10)40(51)35(23(2)3)43-39(50)36(24(4)5)44(8)9)33(53-12)20-34(48)46-22-28(52-11)19-31(46)37(54-13)26(7)38(49)42-21-32(47)29-17-16-27(41)18-25(29)6/h16-18,23-24,26,28,30-31,33,35-37H,14-15,19-22H2,1-13H3,(H,42,49)(H,43,50)/t26-,28-,30+,31?,33-,35+,36+,37-/m1/s1. The second-order valence-electron chi connectivity index (χ2n) is 15.5. The number of rotatable bonds is 21. The number of nitrogens with one attached hydrogen (secondary N) is 2. The molecule has 8 atom stereocenters. The molecule has 306 valence electrons. The molecule has 0 radical (unpaired) electrons. The first kappa shape index (κ1) is 46.7. The molecule has 1 saturated heterocycles. The molecule has 2 N–H and O–H groups in total. The molecule has 0 aliphatic carbocycles. The summed E-state index contributed by atoms with van der Waals surface area (Å²) in [5.41, 5.74) is 0.790. The number of ketones is 1. The van der Waals surface area contributed by atoms with E-state index >= 15 is 0 Å². The van der Waals surface area contributed by atoms with Crippen LogP contribution in [0.5, 0.6) is 0 Å². The number of nitrogens with zero attached hydrogens (tertiary/aromatic N) is 3. The number of methoxy groups -OCH3 is 3. The molecule has 2 rings (SSSR count). The number of hydrogen-bond acceptors (Lipinski definition) is 9. The molecule has 0 bridgehead atoms. The van der Waals surface area contributed by atoms with Crippen molar-refractivity contribution in [3.05, 3.63) is 35.1 Å². The lowest BCUT2D eigenvalue weighted by Gasteiger charge is -2.38. The molecule has 1 unspecified atom stereocenters. The average molecular weight is 764 g/mol. The van der Waals surface area contributed by atoms with Crippen LogP contribution in [0.25, 0.3) is 0 Å². The summed E-state index contributed by atoms with van der Waals surface area (Å²) in [5.74, 6) is -2.90. The lowest BCUT2D eigenvalue weighted by Crippen LogP contribution is -2.58. The van der Waals surface area contributed by atoms with E-state index < -0.39 is 54.0 Å². The van der Waals surface area contributed by atoms with Gasteiger partial charge in [0.1, 0.15) is 11.9 Å². The quantitative estimate of drug-likeness (QED) is 0.180. The molecule has 0 spiro atoms. The molecule has 1 aliphatic rings. The van der Waals surface area contributed by atoms with Crippen molar-refractivity contribution in [2.75, 3.05) is 55.6 Å². The van der Waals surface area contributed by atoms with Crippen LogP contribution in [-0.2, 0) is 33.4 Å². The molecule has 13 nitrogen and oxygen atoms in total. The maximum absolute atomic E-state index is 14.2. The van der Waals surface area contributed by atoms with Crippen LogP contribution in [0.4, 0.5) is 4.39 Å². The van der Waals surface area contributed by atoms with Crippen molar-refractivity contribution in [1.29, 1.82) is 0 Å². The first-order valence-corrected chi connectivity index (χ1v) is 19.0. The Hall–Kier alpha value is -3.46. The molecule has 0 saturated carbocycles. The Balaban J connectivity index is 2.27. The minimum Gasteiger partial charge on any atom is -0.380 e. The summed E-state index contributed by atoms with van der Waals surface area (Å²) in [6, 6.07) is 1.66. The van der Waals surface area contributed by atoms with Crippen LogP contribution in [0.2, 0.25) is 0 Å². The van der Waals surface area contributed by atoms with Gasteiger partial charge in [-0.3, -0.25) is 28.9 Å². The second kappa shape index (κ2) is 21.6. The molecule has 1 fully saturated rings. The van der Waals surface area contributed by atoms with Crippen molar-refractivity contribution < 1.29 is 42.6 Å². The summed E-state index contributed by atoms with van der Waals surface area (Å²) in [7, 11) is 9.93. The summed E-state index contributed by atoms with van der Waals surface area (Å²) in [4.78, 5) is 73.0. The van der Waals surface area contributed by atoms with Gasteiger partial charge in [-0.1, -0.05) is 48.0 Å². The maximum Gasteiger partial charge on any atom is 0.245 e. The highest BCUT2D eigenvalue weighted by atomic mass is 19.1. The fourth-order valence-corrected chi connectivity index (χ4v) is 7.66. The van der Waals surface area contributed by atoms with Gasteiger partial charge in [0, 0.05) is 40.5 Å². The minimum atomic E-state index is -0.785. The summed E-state index contributed by atoms with van der Waals surface area (Å²) in [6.07, 6.45) is -0.0874. The van der Waals surface area contributed by atoms with Gasteiger partial charge in [-0.05, 0) is 69.5 Å². The predicted octanol–water partition coefficient (Wildman–Crippen LogP) is 3.46. The van der Waals surface area contributed by atoms with Gasteiger partial charge in [0.2, 0.25) is 23.6 Å². The summed E-state index contributed by atoms with van der Waals surface area (Å²) < 4.78 is 31.1. The minimum absolute atomic E-state index is 0.0286. The van der Waals surface area contributed by atoms with Crippen molar-refractivity contribution >= 4 is 29.4 Å². The number of carbonyl (C=O) groups is 5. The monoisotopic (exact) mass is 763 g/mol. The largest absolute Gasteiger partial charge is 0.380 e. The van der Waals surface area contributed by atoms with Crippen LogP contribution >= 0.6 is 0 Å². The van der Waals surface area contributed by atoms with E-state index in [1.54, 1.807) is 37.8 Å². The van der Waals surface area contributed by atoms with E-state index in [1.165, 1.54) is 32.4 Å². The molecule has 4 amide bonds. The van der Waals surface area contributed by atoms with E-state index in [-0.39, 0.29) is 61.0 Å². The lowest BCUT2D eigenvalue weighted by molar-refractivity contribution is -0.146. The van der Waals surface area contributed by atoms with Gasteiger partial charge in [0.15, 0.2) is 5.78 Å². The van der Waals surface area contributed by atoms with Crippen LogP contribution in [-0.4, -0.2) is 142 Å². The third-order valence-electron chi connectivity index (χ3n) is 10.7. The molecular weight excluding hydrogens is 697 g/mol. The smallest absolute Gasteiger partial charge is 0.245 e. The Morgan fingerprint density at radius 3 is 2.11 bits per heavy atom. The fraction of sp³-hybridized carbons (Fsp3) is 0.725. The Morgan fingerprint density at radius 2 is 1.61 bits per heavy atom. The Morgan fingerprint density at radius 1 is 0.963 bits per heavy atom. The number of Topliss-reactive ketones (excluding diaryl/α,β-unsaturated/α-hetero) is 1. The van der Waals surface area contributed by atoms with Crippen LogP contribution in [0.3, 0.4) is 0 Å².